The number of carbonyl (C=O) groups is 4. The van der Waals surface area contributed by atoms with Gasteiger partial charge in [0, 0.05) is 5.02 Å². The fourth-order valence-electron chi connectivity index (χ4n) is 2.48. The number of fused-ring (bicyclic) bond motifs is 1. The molecular formula is C18H13ClN2O5. The van der Waals surface area contributed by atoms with E-state index in [1.165, 1.54) is 25.1 Å². The van der Waals surface area contributed by atoms with Gasteiger partial charge >= 0.3 is 5.97 Å². The molecule has 2 N–H and O–H groups in total. The van der Waals surface area contributed by atoms with Crippen LogP contribution in [0.4, 0.5) is 5.69 Å². The highest BCUT2D eigenvalue weighted by atomic mass is 35.5. The van der Waals surface area contributed by atoms with Gasteiger partial charge in [0.1, 0.15) is 0 Å². The van der Waals surface area contributed by atoms with Crippen molar-refractivity contribution in [2.24, 2.45) is 5.73 Å². The molecule has 0 aromatic heterocycles. The molecule has 1 aliphatic heterocycles. The first-order valence-corrected chi connectivity index (χ1v) is 7.96. The molecule has 0 saturated heterocycles. The van der Waals surface area contributed by atoms with Gasteiger partial charge in [-0.2, -0.15) is 0 Å². The predicted octanol–water partition coefficient (Wildman–Crippen LogP) is 2.17. The molecule has 7 nitrogen and oxygen atoms in total. The summed E-state index contributed by atoms with van der Waals surface area (Å²) in [6.07, 6.45) is -1.11. The van der Waals surface area contributed by atoms with E-state index in [-0.39, 0.29) is 16.7 Å². The number of benzene rings is 2. The van der Waals surface area contributed by atoms with E-state index in [1.807, 2.05) is 0 Å². The Labute approximate surface area is 153 Å². The van der Waals surface area contributed by atoms with Crippen LogP contribution in [-0.2, 0) is 9.53 Å². The number of amides is 3. The van der Waals surface area contributed by atoms with Gasteiger partial charge in [0.25, 0.3) is 17.7 Å². The highest BCUT2D eigenvalue weighted by Gasteiger charge is 2.37. The summed E-state index contributed by atoms with van der Waals surface area (Å²) in [4.78, 5) is 49.3. The van der Waals surface area contributed by atoms with Crippen molar-refractivity contribution in [1.29, 1.82) is 0 Å². The largest absolute Gasteiger partial charge is 0.449 e. The average Bonchev–Trinajstić information content (AvgIpc) is 2.86. The summed E-state index contributed by atoms with van der Waals surface area (Å²) in [7, 11) is 0. The van der Waals surface area contributed by atoms with Crippen LogP contribution in [0.15, 0.2) is 42.5 Å². The Morgan fingerprint density at radius 2 is 1.65 bits per heavy atom. The van der Waals surface area contributed by atoms with Crippen LogP contribution in [0.3, 0.4) is 0 Å². The third-order valence-corrected chi connectivity index (χ3v) is 4.14. The highest BCUT2D eigenvalue weighted by Crippen LogP contribution is 2.30. The zero-order chi connectivity index (χ0) is 19.0. The van der Waals surface area contributed by atoms with Crippen LogP contribution in [0, 0.1) is 0 Å². The summed E-state index contributed by atoms with van der Waals surface area (Å²) in [5, 5.41) is 0.471. The van der Waals surface area contributed by atoms with Crippen molar-refractivity contribution < 1.29 is 23.9 Å². The van der Waals surface area contributed by atoms with E-state index in [4.69, 9.17) is 22.1 Å². The van der Waals surface area contributed by atoms with Gasteiger partial charge in [-0.15, -0.1) is 0 Å². The highest BCUT2D eigenvalue weighted by molar-refractivity contribution is 6.35. The Bertz CT molecular complexity index is 939. The number of imide groups is 1. The molecule has 0 fully saturated rings. The summed E-state index contributed by atoms with van der Waals surface area (Å²) in [5.74, 6) is -2.67. The Morgan fingerprint density at radius 1 is 1.04 bits per heavy atom. The number of hydrogen-bond donors (Lipinski definition) is 1. The second-order valence-corrected chi connectivity index (χ2v) is 6.07. The molecule has 0 spiro atoms. The van der Waals surface area contributed by atoms with Crippen molar-refractivity contribution in [3.63, 3.8) is 0 Å². The van der Waals surface area contributed by atoms with Crippen LogP contribution in [0.5, 0.6) is 0 Å². The number of nitrogens with two attached hydrogens (primary N) is 1. The van der Waals surface area contributed by atoms with E-state index in [0.717, 1.165) is 4.90 Å². The Hall–Kier alpha value is -3.19. The smallest absolute Gasteiger partial charge is 0.338 e. The second kappa shape index (κ2) is 6.61. The minimum atomic E-state index is -1.11. The second-order valence-electron chi connectivity index (χ2n) is 5.63. The van der Waals surface area contributed by atoms with Crippen LogP contribution in [-0.4, -0.2) is 29.8 Å². The van der Waals surface area contributed by atoms with Crippen LogP contribution in [0.1, 0.15) is 38.0 Å². The number of carbonyl (C=O) groups excluding carboxylic acids is 4. The van der Waals surface area contributed by atoms with Crippen LogP contribution < -0.4 is 10.6 Å². The molecule has 26 heavy (non-hydrogen) atoms. The molecule has 1 heterocycles. The van der Waals surface area contributed by atoms with E-state index in [9.17, 15) is 19.2 Å². The molecule has 1 unspecified atom stereocenters. The van der Waals surface area contributed by atoms with Crippen LogP contribution in [0.25, 0.3) is 0 Å². The molecule has 3 amide bonds. The zero-order valence-corrected chi connectivity index (χ0v) is 14.3. The number of rotatable bonds is 4. The lowest BCUT2D eigenvalue weighted by Crippen LogP contribution is -2.30. The molecular weight excluding hydrogens is 360 g/mol. The van der Waals surface area contributed by atoms with E-state index in [0.29, 0.717) is 10.7 Å². The predicted molar refractivity (Wildman–Crippen MR) is 93.1 cm³/mol. The van der Waals surface area contributed by atoms with Crippen molar-refractivity contribution in [1.82, 2.24) is 0 Å². The Balaban J connectivity index is 1.91. The monoisotopic (exact) mass is 372 g/mol. The maximum atomic E-state index is 12.6. The summed E-state index contributed by atoms with van der Waals surface area (Å²) in [6, 6.07) is 10.2. The SMILES string of the molecule is CC(OC(=O)c1ccc2c(c1)C(=O)N(c1ccc(Cl)cc1)C2=O)C(N)=O. The molecule has 1 atom stereocenters. The normalized spacial score (nSPS) is 14.2. The van der Waals surface area contributed by atoms with Crippen molar-refractivity contribution in [3.05, 3.63) is 64.2 Å². The lowest BCUT2D eigenvalue weighted by Gasteiger charge is -2.13. The summed E-state index contributed by atoms with van der Waals surface area (Å²) < 4.78 is 4.91. The van der Waals surface area contributed by atoms with Gasteiger partial charge in [-0.05, 0) is 49.4 Å². The third-order valence-electron chi connectivity index (χ3n) is 3.89. The number of esters is 1. The third kappa shape index (κ3) is 3.04. The molecule has 2 aromatic carbocycles. The molecule has 0 aliphatic carbocycles. The molecule has 1 aliphatic rings. The number of nitrogens with zero attached hydrogens (tertiary/aromatic N) is 1. The topological polar surface area (TPSA) is 107 Å². The van der Waals surface area contributed by atoms with E-state index in [2.05, 4.69) is 0 Å². The molecule has 2 aromatic rings. The van der Waals surface area contributed by atoms with Gasteiger partial charge in [-0.3, -0.25) is 14.4 Å². The Kier molecular flexibility index (Phi) is 4.48. The van der Waals surface area contributed by atoms with Crippen molar-refractivity contribution in [3.8, 4) is 0 Å². The quantitative estimate of drug-likeness (QED) is 0.653. The maximum absolute atomic E-state index is 12.6. The lowest BCUT2D eigenvalue weighted by atomic mass is 10.1. The average molecular weight is 373 g/mol. The zero-order valence-electron chi connectivity index (χ0n) is 13.6. The molecule has 8 heteroatoms. The number of ether oxygens (including phenoxy) is 1. The first-order valence-electron chi connectivity index (χ1n) is 7.58. The van der Waals surface area contributed by atoms with E-state index >= 15 is 0 Å². The summed E-state index contributed by atoms with van der Waals surface area (Å²) in [6.45, 7) is 1.34. The van der Waals surface area contributed by atoms with Gasteiger partial charge < -0.3 is 10.5 Å². The van der Waals surface area contributed by atoms with Crippen molar-refractivity contribution in [2.45, 2.75) is 13.0 Å². The molecule has 132 valence electrons. The number of primary amides is 1. The van der Waals surface area contributed by atoms with Gasteiger partial charge in [-0.25, -0.2) is 9.69 Å². The van der Waals surface area contributed by atoms with E-state index < -0.39 is 29.8 Å². The van der Waals surface area contributed by atoms with Crippen molar-refractivity contribution in [2.75, 3.05) is 4.90 Å². The van der Waals surface area contributed by atoms with Gasteiger partial charge in [0.05, 0.1) is 22.4 Å². The number of anilines is 1. The molecule has 3 rings (SSSR count). The molecule has 0 bridgehead atoms. The minimum Gasteiger partial charge on any atom is -0.449 e. The van der Waals surface area contributed by atoms with Gasteiger partial charge in [0.2, 0.25) is 0 Å². The summed E-state index contributed by atoms with van der Waals surface area (Å²) >= 11 is 5.83. The number of hydrogen-bond acceptors (Lipinski definition) is 5. The first-order chi connectivity index (χ1) is 12.3. The van der Waals surface area contributed by atoms with Crippen LogP contribution in [0.2, 0.25) is 5.02 Å². The van der Waals surface area contributed by atoms with Gasteiger partial charge in [0.15, 0.2) is 6.10 Å². The first kappa shape index (κ1) is 17.6. The number of halogens is 1. The fourth-order valence-corrected chi connectivity index (χ4v) is 2.61. The maximum Gasteiger partial charge on any atom is 0.338 e. The standard InChI is InChI=1S/C18H13ClN2O5/c1-9(15(20)22)26-18(25)10-2-7-13-14(8-10)17(24)21(16(13)23)12-5-3-11(19)4-6-12/h2-9H,1H3,(H2,20,22). The van der Waals surface area contributed by atoms with Gasteiger partial charge in [-0.1, -0.05) is 11.6 Å². The van der Waals surface area contributed by atoms with E-state index in [1.54, 1.807) is 24.3 Å². The molecule has 0 radical (unpaired) electrons. The summed E-state index contributed by atoms with van der Waals surface area (Å²) in [5.41, 5.74) is 5.71. The lowest BCUT2D eigenvalue weighted by molar-refractivity contribution is -0.125. The van der Waals surface area contributed by atoms with Crippen LogP contribution >= 0.6 is 11.6 Å². The van der Waals surface area contributed by atoms with Crippen molar-refractivity contribution >= 4 is 41.0 Å². The molecule has 0 saturated carbocycles. The Morgan fingerprint density at radius 3 is 2.27 bits per heavy atom. The fraction of sp³-hybridized carbons (Fsp3) is 0.111. The minimum absolute atomic E-state index is 0.0379.